The third-order valence-electron chi connectivity index (χ3n) is 6.04. The number of carbonyl (C=O) groups is 1. The van der Waals surface area contributed by atoms with Crippen molar-refractivity contribution in [1.82, 2.24) is 30.6 Å². The number of aromatic nitrogens is 4. The number of carbonyl (C=O) groups excluding carboxylic acids is 1. The number of piperazine rings is 1. The van der Waals surface area contributed by atoms with E-state index >= 15 is 0 Å². The molecule has 4 rings (SSSR count). The first-order valence-electron chi connectivity index (χ1n) is 11.5. The molecule has 1 atom stereocenters. The summed E-state index contributed by atoms with van der Waals surface area (Å²) in [5.74, 6) is 0.826. The van der Waals surface area contributed by atoms with Crippen molar-refractivity contribution in [3.05, 3.63) is 11.6 Å². The molecule has 0 bridgehead atoms. The molecule has 0 radical (unpaired) electrons. The maximum absolute atomic E-state index is 12.6. The first-order chi connectivity index (χ1) is 15.6. The van der Waals surface area contributed by atoms with Crippen LogP contribution in [0.25, 0.3) is 11.0 Å². The summed E-state index contributed by atoms with van der Waals surface area (Å²) in [6.07, 6.45) is 3.36. The molecule has 0 amide bonds. The number of rotatable bonds is 5. The van der Waals surface area contributed by atoms with E-state index in [0.717, 1.165) is 12.8 Å². The predicted octanol–water partition coefficient (Wildman–Crippen LogP) is 2.14. The molecular weight excluding hydrogens is 444 g/mol. The SMILES string of the molecule is CCOC(=O)C1CNCCN1c1nc(Cl)nc2c(NC3CC(C)(C)NC(C)(C)C3)ncnc12. The van der Waals surface area contributed by atoms with Crippen molar-refractivity contribution in [1.29, 1.82) is 0 Å². The van der Waals surface area contributed by atoms with Crippen LogP contribution in [0.4, 0.5) is 11.6 Å². The minimum atomic E-state index is -0.523. The van der Waals surface area contributed by atoms with Crippen LogP contribution in [0.2, 0.25) is 5.28 Å². The zero-order chi connectivity index (χ0) is 23.8. The van der Waals surface area contributed by atoms with Gasteiger partial charge in [0.05, 0.1) is 6.61 Å². The van der Waals surface area contributed by atoms with Crippen molar-refractivity contribution in [2.45, 2.75) is 70.6 Å². The van der Waals surface area contributed by atoms with Gasteiger partial charge in [0.15, 0.2) is 11.6 Å². The summed E-state index contributed by atoms with van der Waals surface area (Å²) < 4.78 is 5.29. The lowest BCUT2D eigenvalue weighted by molar-refractivity contribution is -0.144. The monoisotopic (exact) mass is 476 g/mol. The molecule has 10 nitrogen and oxygen atoms in total. The summed E-state index contributed by atoms with van der Waals surface area (Å²) in [6, 6.07) is -0.330. The zero-order valence-electron chi connectivity index (χ0n) is 19.9. The standard InChI is InChI=1S/C22H33ClN8O2/c1-6-33-19(32)14-11-24-7-8-31(14)18-16-15(28-20(23)29-18)17(26-12-25-16)27-13-9-21(2,3)30-22(4,5)10-13/h12-14,24,30H,6-11H2,1-5H3,(H,25,26,27). The Labute approximate surface area is 199 Å². The molecular formula is C22H33ClN8O2. The Morgan fingerprint density at radius 1 is 1.21 bits per heavy atom. The number of hydrogen-bond donors (Lipinski definition) is 3. The molecule has 180 valence electrons. The molecule has 2 saturated heterocycles. The molecule has 0 saturated carbocycles. The smallest absolute Gasteiger partial charge is 0.330 e. The van der Waals surface area contributed by atoms with Crippen LogP contribution in [-0.2, 0) is 9.53 Å². The molecule has 2 aliphatic heterocycles. The van der Waals surface area contributed by atoms with Crippen molar-refractivity contribution in [2.75, 3.05) is 36.5 Å². The van der Waals surface area contributed by atoms with Crippen LogP contribution in [0.15, 0.2) is 6.33 Å². The number of esters is 1. The van der Waals surface area contributed by atoms with Gasteiger partial charge in [-0.2, -0.15) is 4.98 Å². The summed E-state index contributed by atoms with van der Waals surface area (Å²) in [6.45, 7) is 12.7. The van der Waals surface area contributed by atoms with Gasteiger partial charge in [0.1, 0.15) is 23.4 Å². The largest absolute Gasteiger partial charge is 0.464 e. The Morgan fingerprint density at radius 2 is 1.94 bits per heavy atom. The highest BCUT2D eigenvalue weighted by Crippen LogP contribution is 2.33. The maximum Gasteiger partial charge on any atom is 0.330 e. The Balaban J connectivity index is 1.71. The molecule has 0 aliphatic carbocycles. The van der Waals surface area contributed by atoms with E-state index < -0.39 is 6.04 Å². The first kappa shape index (κ1) is 23.8. The Kier molecular flexibility index (Phi) is 6.61. The van der Waals surface area contributed by atoms with E-state index in [-0.39, 0.29) is 28.4 Å². The van der Waals surface area contributed by atoms with Crippen molar-refractivity contribution >= 4 is 40.2 Å². The number of nitrogens with one attached hydrogen (secondary N) is 3. The number of anilines is 2. The van der Waals surface area contributed by atoms with Crippen LogP contribution in [0, 0.1) is 0 Å². The summed E-state index contributed by atoms with van der Waals surface area (Å²) in [7, 11) is 0. The van der Waals surface area contributed by atoms with Gasteiger partial charge >= 0.3 is 5.97 Å². The van der Waals surface area contributed by atoms with E-state index in [1.54, 1.807) is 6.92 Å². The zero-order valence-corrected chi connectivity index (χ0v) is 20.7. The molecule has 0 aromatic carbocycles. The second-order valence-corrected chi connectivity index (χ2v) is 10.4. The fourth-order valence-electron chi connectivity index (χ4n) is 5.24. The van der Waals surface area contributed by atoms with Crippen molar-refractivity contribution in [3.8, 4) is 0 Å². The lowest BCUT2D eigenvalue weighted by Crippen LogP contribution is -2.60. The number of fused-ring (bicyclic) bond motifs is 1. The second-order valence-electron chi connectivity index (χ2n) is 10.0. The molecule has 33 heavy (non-hydrogen) atoms. The van der Waals surface area contributed by atoms with Gasteiger partial charge in [0, 0.05) is 36.8 Å². The predicted molar refractivity (Wildman–Crippen MR) is 129 cm³/mol. The normalized spacial score (nSPS) is 22.8. The van der Waals surface area contributed by atoms with Gasteiger partial charge in [0.2, 0.25) is 5.28 Å². The van der Waals surface area contributed by atoms with Gasteiger partial charge in [-0.3, -0.25) is 0 Å². The van der Waals surface area contributed by atoms with Crippen molar-refractivity contribution < 1.29 is 9.53 Å². The number of hydrogen-bond acceptors (Lipinski definition) is 10. The third kappa shape index (κ3) is 5.28. The van der Waals surface area contributed by atoms with E-state index in [0.29, 0.717) is 48.9 Å². The van der Waals surface area contributed by atoms with Crippen LogP contribution in [0.1, 0.15) is 47.5 Å². The number of ether oxygens (including phenoxy) is 1. The number of nitrogens with zero attached hydrogens (tertiary/aromatic N) is 5. The van der Waals surface area contributed by atoms with Crippen LogP contribution in [0.5, 0.6) is 0 Å². The molecule has 2 fully saturated rings. The molecule has 2 aromatic heterocycles. The summed E-state index contributed by atoms with van der Waals surface area (Å²) >= 11 is 6.36. The van der Waals surface area contributed by atoms with Crippen LogP contribution >= 0.6 is 11.6 Å². The lowest BCUT2D eigenvalue weighted by Gasteiger charge is -2.46. The van der Waals surface area contributed by atoms with Gasteiger partial charge in [-0.15, -0.1) is 0 Å². The van der Waals surface area contributed by atoms with Gasteiger partial charge in [-0.25, -0.2) is 19.7 Å². The van der Waals surface area contributed by atoms with E-state index in [1.165, 1.54) is 6.33 Å². The topological polar surface area (TPSA) is 117 Å². The Hall–Kier alpha value is -2.30. The highest BCUT2D eigenvalue weighted by atomic mass is 35.5. The quantitative estimate of drug-likeness (QED) is 0.437. The summed E-state index contributed by atoms with van der Waals surface area (Å²) in [4.78, 5) is 32.4. The van der Waals surface area contributed by atoms with Gasteiger partial charge in [-0.05, 0) is 59.1 Å². The molecule has 2 aliphatic rings. The molecule has 0 spiro atoms. The summed E-state index contributed by atoms with van der Waals surface area (Å²) in [5, 5.41) is 10.6. The molecule has 1 unspecified atom stereocenters. The van der Waals surface area contributed by atoms with Crippen LogP contribution in [-0.4, -0.2) is 75.3 Å². The number of piperidine rings is 1. The highest BCUT2D eigenvalue weighted by molar-refractivity contribution is 6.29. The highest BCUT2D eigenvalue weighted by Gasteiger charge is 2.38. The van der Waals surface area contributed by atoms with Crippen molar-refractivity contribution in [2.24, 2.45) is 0 Å². The Morgan fingerprint density at radius 3 is 2.64 bits per heavy atom. The second kappa shape index (κ2) is 9.15. The summed E-state index contributed by atoms with van der Waals surface area (Å²) in [5.41, 5.74) is 1.06. The molecule has 3 N–H and O–H groups in total. The number of halogens is 1. The van der Waals surface area contributed by atoms with E-state index in [4.69, 9.17) is 16.3 Å². The van der Waals surface area contributed by atoms with E-state index in [9.17, 15) is 4.79 Å². The van der Waals surface area contributed by atoms with E-state index in [1.807, 2.05) is 4.90 Å². The first-order valence-corrected chi connectivity index (χ1v) is 11.8. The molecule has 2 aromatic rings. The fourth-order valence-corrected chi connectivity index (χ4v) is 5.40. The van der Waals surface area contributed by atoms with Crippen LogP contribution in [0.3, 0.4) is 0 Å². The maximum atomic E-state index is 12.6. The van der Waals surface area contributed by atoms with Crippen LogP contribution < -0.4 is 20.9 Å². The lowest BCUT2D eigenvalue weighted by atomic mass is 9.79. The van der Waals surface area contributed by atoms with Gasteiger partial charge < -0.3 is 25.6 Å². The molecule has 11 heteroatoms. The minimum Gasteiger partial charge on any atom is -0.464 e. The van der Waals surface area contributed by atoms with Gasteiger partial charge in [0.25, 0.3) is 0 Å². The average molecular weight is 477 g/mol. The molecule has 4 heterocycles. The Bertz CT molecular complexity index is 1010. The van der Waals surface area contributed by atoms with E-state index in [2.05, 4.69) is 63.6 Å². The fraction of sp³-hybridized carbons (Fsp3) is 0.682. The third-order valence-corrected chi connectivity index (χ3v) is 6.21. The minimum absolute atomic E-state index is 0.0201. The average Bonchev–Trinajstić information content (AvgIpc) is 2.71. The van der Waals surface area contributed by atoms with Gasteiger partial charge in [-0.1, -0.05) is 0 Å². The van der Waals surface area contributed by atoms with Crippen molar-refractivity contribution in [3.63, 3.8) is 0 Å².